The minimum absolute atomic E-state index is 0.250. The van der Waals surface area contributed by atoms with Crippen LogP contribution >= 0.6 is 0 Å². The molecule has 0 radical (unpaired) electrons. The average molecular weight is 467 g/mol. The fraction of sp³-hybridized carbons (Fsp3) is 0.296. The van der Waals surface area contributed by atoms with Gasteiger partial charge in [0.15, 0.2) is 9.84 Å². The molecule has 3 aromatic rings. The first-order chi connectivity index (χ1) is 15.8. The molecule has 1 N–H and O–H groups in total. The highest BCUT2D eigenvalue weighted by Crippen LogP contribution is 2.25. The largest absolute Gasteiger partial charge is 0.388 e. The van der Waals surface area contributed by atoms with Gasteiger partial charge in [-0.1, -0.05) is 73.2 Å². The van der Waals surface area contributed by atoms with Gasteiger partial charge in [-0.15, -0.1) is 0 Å². The van der Waals surface area contributed by atoms with Crippen LogP contribution in [0.2, 0.25) is 0 Å². The molecule has 0 aliphatic rings. The van der Waals surface area contributed by atoms with E-state index in [0.29, 0.717) is 4.90 Å². The summed E-state index contributed by atoms with van der Waals surface area (Å²) >= 11 is 0. The lowest BCUT2D eigenvalue weighted by atomic mass is 9.99. The lowest BCUT2D eigenvalue weighted by Crippen LogP contribution is -2.13. The number of benzene rings is 3. The predicted molar refractivity (Wildman–Crippen MR) is 128 cm³/mol. The molecule has 1 atom stereocenters. The van der Waals surface area contributed by atoms with Gasteiger partial charge in [0.2, 0.25) is 0 Å². The van der Waals surface area contributed by atoms with Crippen molar-refractivity contribution in [3.63, 3.8) is 0 Å². The molecule has 174 valence electrons. The minimum Gasteiger partial charge on any atom is -0.388 e. The second-order valence-electron chi connectivity index (χ2n) is 8.07. The van der Waals surface area contributed by atoms with E-state index < -0.39 is 21.2 Å². The Morgan fingerprint density at radius 2 is 1.45 bits per heavy atom. The number of unbranched alkanes of at least 4 members (excludes halogenated alkanes) is 1. The Morgan fingerprint density at radius 1 is 0.818 bits per heavy atom. The summed E-state index contributed by atoms with van der Waals surface area (Å²) < 4.78 is 24.9. The van der Waals surface area contributed by atoms with Gasteiger partial charge in [-0.2, -0.15) is 9.59 Å². The van der Waals surface area contributed by atoms with Gasteiger partial charge in [0.25, 0.3) is 0 Å². The smallest absolute Gasteiger partial charge is 0.373 e. The number of carbonyl (C=O) groups excluding carboxylic acids is 2. The molecule has 3 rings (SSSR count). The molecule has 0 heterocycles. The monoisotopic (exact) mass is 466 g/mol. The van der Waals surface area contributed by atoms with E-state index >= 15 is 0 Å². The van der Waals surface area contributed by atoms with E-state index in [2.05, 4.69) is 24.3 Å². The van der Waals surface area contributed by atoms with E-state index in [1.807, 2.05) is 36.4 Å². The van der Waals surface area contributed by atoms with E-state index in [1.165, 1.54) is 5.56 Å². The Labute approximate surface area is 196 Å². The molecule has 0 saturated carbocycles. The van der Waals surface area contributed by atoms with Crippen molar-refractivity contribution >= 4 is 16.0 Å². The van der Waals surface area contributed by atoms with E-state index in [-0.39, 0.29) is 6.15 Å². The lowest BCUT2D eigenvalue weighted by Gasteiger charge is -2.11. The van der Waals surface area contributed by atoms with Gasteiger partial charge >= 0.3 is 6.15 Å². The van der Waals surface area contributed by atoms with Crippen molar-refractivity contribution in [2.45, 2.75) is 55.8 Å². The zero-order valence-electron chi connectivity index (χ0n) is 19.0. The summed E-state index contributed by atoms with van der Waals surface area (Å²) in [5, 5.41) is 9.82. The molecule has 0 bridgehead atoms. The van der Waals surface area contributed by atoms with Crippen LogP contribution in [0.1, 0.15) is 50.3 Å². The van der Waals surface area contributed by atoms with E-state index in [1.54, 1.807) is 32.0 Å². The molecule has 0 aliphatic heterocycles. The van der Waals surface area contributed by atoms with Crippen LogP contribution < -0.4 is 0 Å². The molecule has 5 nitrogen and oxygen atoms in total. The van der Waals surface area contributed by atoms with Gasteiger partial charge in [0.05, 0.1) is 16.2 Å². The fourth-order valence-electron chi connectivity index (χ4n) is 3.50. The number of sulfone groups is 1. The molecule has 0 aromatic heterocycles. The molecular weight excluding hydrogens is 436 g/mol. The highest BCUT2D eigenvalue weighted by Gasteiger charge is 2.19. The molecule has 0 aliphatic carbocycles. The van der Waals surface area contributed by atoms with Crippen LogP contribution in [0, 0.1) is 0 Å². The van der Waals surface area contributed by atoms with Gasteiger partial charge in [-0.25, -0.2) is 8.42 Å². The van der Waals surface area contributed by atoms with Gasteiger partial charge < -0.3 is 5.11 Å². The first kappa shape index (κ1) is 26.2. The van der Waals surface area contributed by atoms with Gasteiger partial charge in [0.1, 0.15) is 0 Å². The standard InChI is InChI=1S/C26H30O3S.CO2/c1-20(2)30(28,29)25-13-8-12-24(19-25)22-17-15-21(16-18-22)9-6-7-14-26(27)23-10-4-3-5-11-23;2-1-3/h3-5,8,10-13,15-20,26-27H,6-7,9,14H2,1-2H3;. The highest BCUT2D eigenvalue weighted by atomic mass is 32.2. The van der Waals surface area contributed by atoms with E-state index in [4.69, 9.17) is 9.59 Å². The zero-order chi connectivity index (χ0) is 24.3. The van der Waals surface area contributed by atoms with Crippen molar-refractivity contribution in [3.05, 3.63) is 90.0 Å². The zero-order valence-corrected chi connectivity index (χ0v) is 19.8. The summed E-state index contributed by atoms with van der Waals surface area (Å²) in [6, 6.07) is 25.3. The highest BCUT2D eigenvalue weighted by molar-refractivity contribution is 7.92. The van der Waals surface area contributed by atoms with Crippen molar-refractivity contribution in [1.29, 1.82) is 0 Å². The summed E-state index contributed by atoms with van der Waals surface area (Å²) in [7, 11) is -3.28. The van der Waals surface area contributed by atoms with Gasteiger partial charge in [-0.05, 0) is 67.5 Å². The molecule has 0 amide bonds. The first-order valence-corrected chi connectivity index (χ1v) is 12.5. The molecule has 6 heteroatoms. The first-order valence-electron chi connectivity index (χ1n) is 10.9. The molecule has 3 aromatic carbocycles. The number of aliphatic hydroxyl groups excluding tert-OH is 1. The van der Waals surface area contributed by atoms with Crippen LogP contribution in [0.4, 0.5) is 0 Å². The lowest BCUT2D eigenvalue weighted by molar-refractivity contribution is -0.191. The molecule has 1 unspecified atom stereocenters. The summed E-state index contributed by atoms with van der Waals surface area (Å²) in [4.78, 5) is 16.6. The maximum absolute atomic E-state index is 12.4. The van der Waals surface area contributed by atoms with Crippen LogP contribution in [0.25, 0.3) is 11.1 Å². The van der Waals surface area contributed by atoms with Crippen molar-refractivity contribution in [1.82, 2.24) is 0 Å². The van der Waals surface area contributed by atoms with Crippen LogP contribution in [-0.2, 0) is 25.8 Å². The van der Waals surface area contributed by atoms with Crippen molar-refractivity contribution in [2.75, 3.05) is 0 Å². The Kier molecular flexibility index (Phi) is 10.2. The van der Waals surface area contributed by atoms with Gasteiger partial charge in [0, 0.05) is 0 Å². The number of aryl methyl sites for hydroxylation is 1. The summed E-state index contributed by atoms with van der Waals surface area (Å²) in [6.07, 6.45) is 3.56. The Balaban J connectivity index is 0.00000122. The number of rotatable bonds is 9. The van der Waals surface area contributed by atoms with Crippen molar-refractivity contribution < 1.29 is 23.1 Å². The third kappa shape index (κ3) is 7.79. The Bertz CT molecular complexity index is 1130. The third-order valence-corrected chi connectivity index (χ3v) is 7.60. The normalized spacial score (nSPS) is 11.9. The number of hydrogen-bond acceptors (Lipinski definition) is 5. The van der Waals surface area contributed by atoms with Crippen LogP contribution in [0.5, 0.6) is 0 Å². The maximum Gasteiger partial charge on any atom is 0.373 e. The molecule has 0 spiro atoms. The molecule has 0 fully saturated rings. The Hall–Kier alpha value is -3.05. The third-order valence-electron chi connectivity index (χ3n) is 5.45. The molecule has 0 saturated heterocycles. The predicted octanol–water partition coefficient (Wildman–Crippen LogP) is 5.40. The van der Waals surface area contributed by atoms with Crippen molar-refractivity contribution in [3.8, 4) is 11.1 Å². The van der Waals surface area contributed by atoms with Crippen LogP contribution in [0.15, 0.2) is 83.8 Å². The van der Waals surface area contributed by atoms with E-state index in [9.17, 15) is 13.5 Å². The maximum atomic E-state index is 12.4. The van der Waals surface area contributed by atoms with Crippen LogP contribution in [0.3, 0.4) is 0 Å². The topological polar surface area (TPSA) is 88.5 Å². The SMILES string of the molecule is CC(C)S(=O)(=O)c1cccc(-c2ccc(CCCCC(O)c3ccccc3)cc2)c1.O=C=O. The number of aliphatic hydroxyl groups is 1. The second-order valence-corrected chi connectivity index (χ2v) is 10.6. The fourth-order valence-corrected chi connectivity index (χ4v) is 4.60. The quantitative estimate of drug-likeness (QED) is 0.427. The number of hydrogen-bond donors (Lipinski definition) is 1. The summed E-state index contributed by atoms with van der Waals surface area (Å²) in [5.41, 5.74) is 4.15. The van der Waals surface area contributed by atoms with E-state index in [0.717, 1.165) is 42.4 Å². The van der Waals surface area contributed by atoms with Crippen LogP contribution in [-0.4, -0.2) is 24.9 Å². The Morgan fingerprint density at radius 3 is 2.06 bits per heavy atom. The minimum atomic E-state index is -3.28. The molecular formula is C27H30O5S. The second kappa shape index (κ2) is 12.9. The summed E-state index contributed by atoms with van der Waals surface area (Å²) in [5.74, 6) is 0. The van der Waals surface area contributed by atoms with Crippen molar-refractivity contribution in [2.24, 2.45) is 0 Å². The van der Waals surface area contributed by atoms with Gasteiger partial charge in [-0.3, -0.25) is 0 Å². The summed E-state index contributed by atoms with van der Waals surface area (Å²) in [6.45, 7) is 3.41. The molecule has 33 heavy (non-hydrogen) atoms. The average Bonchev–Trinajstić information content (AvgIpc) is 2.83.